The molecule has 0 unspecified atom stereocenters. The van der Waals surface area contributed by atoms with Crippen LogP contribution in [0.25, 0.3) is 0 Å². The molecule has 1 saturated heterocycles. The Kier molecular flexibility index (Phi) is 17.2. The SMILES string of the molecule is CCNC(=NCCCN1CCCN(C)CC1)NCCCCOCC.I. The highest BCUT2D eigenvalue weighted by atomic mass is 127. The van der Waals surface area contributed by atoms with Crippen molar-refractivity contribution in [2.24, 2.45) is 4.99 Å². The van der Waals surface area contributed by atoms with Gasteiger partial charge in [0.05, 0.1) is 0 Å². The minimum absolute atomic E-state index is 0. The third kappa shape index (κ3) is 13.7. The predicted molar refractivity (Wildman–Crippen MR) is 118 cm³/mol. The van der Waals surface area contributed by atoms with Gasteiger partial charge in [-0.2, -0.15) is 0 Å². The van der Waals surface area contributed by atoms with Crippen LogP contribution in [-0.2, 0) is 4.74 Å². The van der Waals surface area contributed by atoms with Crippen molar-refractivity contribution in [2.45, 2.75) is 39.5 Å². The van der Waals surface area contributed by atoms with Crippen LogP contribution in [0.2, 0.25) is 0 Å². The second-order valence-corrected chi connectivity index (χ2v) is 6.44. The van der Waals surface area contributed by atoms with Gasteiger partial charge in [-0.15, -0.1) is 24.0 Å². The van der Waals surface area contributed by atoms with E-state index in [-0.39, 0.29) is 24.0 Å². The lowest BCUT2D eigenvalue weighted by atomic mass is 10.3. The van der Waals surface area contributed by atoms with Crippen LogP contribution in [0.15, 0.2) is 4.99 Å². The number of guanidine groups is 1. The molecule has 1 fully saturated rings. The Morgan fingerprint density at radius 2 is 1.88 bits per heavy atom. The first-order valence-electron chi connectivity index (χ1n) is 9.77. The summed E-state index contributed by atoms with van der Waals surface area (Å²) >= 11 is 0. The molecule has 25 heavy (non-hydrogen) atoms. The summed E-state index contributed by atoms with van der Waals surface area (Å²) in [6.45, 7) is 14.6. The van der Waals surface area contributed by atoms with E-state index in [4.69, 9.17) is 9.73 Å². The fourth-order valence-electron chi connectivity index (χ4n) is 2.83. The molecule has 1 heterocycles. The van der Waals surface area contributed by atoms with Crippen LogP contribution < -0.4 is 10.6 Å². The normalized spacial score (nSPS) is 17.0. The zero-order valence-electron chi connectivity index (χ0n) is 16.6. The average molecular weight is 469 g/mol. The molecular weight excluding hydrogens is 429 g/mol. The van der Waals surface area contributed by atoms with E-state index in [0.29, 0.717) is 0 Å². The Labute approximate surface area is 172 Å². The van der Waals surface area contributed by atoms with Gasteiger partial charge in [0.2, 0.25) is 0 Å². The van der Waals surface area contributed by atoms with Gasteiger partial charge in [0.15, 0.2) is 5.96 Å². The minimum atomic E-state index is 0. The summed E-state index contributed by atoms with van der Waals surface area (Å²) in [6, 6.07) is 0. The summed E-state index contributed by atoms with van der Waals surface area (Å²) in [7, 11) is 2.22. The number of nitrogens with one attached hydrogen (secondary N) is 2. The molecule has 150 valence electrons. The fourth-order valence-corrected chi connectivity index (χ4v) is 2.83. The number of hydrogen-bond donors (Lipinski definition) is 2. The van der Waals surface area contributed by atoms with Crippen molar-refractivity contribution in [1.82, 2.24) is 20.4 Å². The molecule has 1 aliphatic heterocycles. The molecule has 0 aromatic rings. The summed E-state index contributed by atoms with van der Waals surface area (Å²) in [4.78, 5) is 9.70. The monoisotopic (exact) mass is 469 g/mol. The van der Waals surface area contributed by atoms with Crippen molar-refractivity contribution >= 4 is 29.9 Å². The maximum absolute atomic E-state index is 5.36. The van der Waals surface area contributed by atoms with E-state index < -0.39 is 0 Å². The average Bonchev–Trinajstić information content (AvgIpc) is 2.79. The first-order chi connectivity index (χ1) is 11.8. The largest absolute Gasteiger partial charge is 0.382 e. The number of unbranched alkanes of at least 4 members (excludes halogenated alkanes) is 1. The van der Waals surface area contributed by atoms with Crippen molar-refractivity contribution < 1.29 is 4.74 Å². The molecule has 0 aromatic heterocycles. The van der Waals surface area contributed by atoms with Crippen molar-refractivity contribution in [3.63, 3.8) is 0 Å². The van der Waals surface area contributed by atoms with E-state index in [1.807, 2.05) is 6.92 Å². The summed E-state index contributed by atoms with van der Waals surface area (Å²) in [5.74, 6) is 0.949. The maximum atomic E-state index is 5.36. The van der Waals surface area contributed by atoms with E-state index in [0.717, 1.165) is 64.6 Å². The number of nitrogens with zero attached hydrogens (tertiary/aromatic N) is 3. The van der Waals surface area contributed by atoms with E-state index >= 15 is 0 Å². The van der Waals surface area contributed by atoms with Gasteiger partial charge in [-0.3, -0.25) is 4.99 Å². The van der Waals surface area contributed by atoms with Crippen molar-refractivity contribution in [3.8, 4) is 0 Å². The highest BCUT2D eigenvalue weighted by molar-refractivity contribution is 14.0. The summed E-state index contributed by atoms with van der Waals surface area (Å²) < 4.78 is 5.36. The first kappa shape index (κ1) is 24.9. The number of aliphatic imine (C=N–C) groups is 1. The Morgan fingerprint density at radius 1 is 1.04 bits per heavy atom. The van der Waals surface area contributed by atoms with Gasteiger partial charge < -0.3 is 25.2 Å². The second-order valence-electron chi connectivity index (χ2n) is 6.44. The van der Waals surface area contributed by atoms with Crippen LogP contribution in [0.5, 0.6) is 0 Å². The summed E-state index contributed by atoms with van der Waals surface area (Å²) in [5, 5.41) is 6.74. The van der Waals surface area contributed by atoms with Gasteiger partial charge in [0.25, 0.3) is 0 Å². The van der Waals surface area contributed by atoms with Crippen LogP contribution in [-0.4, -0.2) is 88.4 Å². The van der Waals surface area contributed by atoms with Crippen LogP contribution in [0.4, 0.5) is 0 Å². The fraction of sp³-hybridized carbons (Fsp3) is 0.944. The van der Waals surface area contributed by atoms with Crippen molar-refractivity contribution in [2.75, 3.05) is 72.6 Å². The second kappa shape index (κ2) is 17.3. The van der Waals surface area contributed by atoms with Gasteiger partial charge in [-0.1, -0.05) is 0 Å². The summed E-state index contributed by atoms with van der Waals surface area (Å²) in [6.07, 6.45) is 4.63. The molecule has 2 N–H and O–H groups in total. The van der Waals surface area contributed by atoms with Gasteiger partial charge >= 0.3 is 0 Å². The molecule has 0 saturated carbocycles. The molecule has 7 heteroatoms. The highest BCUT2D eigenvalue weighted by Gasteiger charge is 2.11. The standard InChI is InChI=1S/C18H39N5O.HI/c1-4-19-18(20-10-6-7-17-24-5-2)21-11-8-13-23-14-9-12-22(3)15-16-23;/h4-17H2,1-3H3,(H2,19,20,21);1H. The molecule has 6 nitrogen and oxygen atoms in total. The number of likely N-dealkylation sites (N-methyl/N-ethyl adjacent to an activating group) is 1. The zero-order valence-corrected chi connectivity index (χ0v) is 18.9. The topological polar surface area (TPSA) is 52.1 Å². The van der Waals surface area contributed by atoms with E-state index in [1.54, 1.807) is 0 Å². The molecule has 0 bridgehead atoms. The number of rotatable bonds is 11. The zero-order chi connectivity index (χ0) is 17.5. The lowest BCUT2D eigenvalue weighted by Gasteiger charge is -2.19. The Morgan fingerprint density at radius 3 is 2.64 bits per heavy atom. The first-order valence-corrected chi connectivity index (χ1v) is 9.77. The summed E-state index contributed by atoms with van der Waals surface area (Å²) in [5.41, 5.74) is 0. The van der Waals surface area contributed by atoms with Crippen LogP contribution in [0.1, 0.15) is 39.5 Å². The van der Waals surface area contributed by atoms with Gasteiger partial charge in [-0.05, 0) is 66.2 Å². The van der Waals surface area contributed by atoms with Gasteiger partial charge in [0.1, 0.15) is 0 Å². The molecule has 0 aliphatic carbocycles. The van der Waals surface area contributed by atoms with Crippen molar-refractivity contribution in [3.05, 3.63) is 0 Å². The molecule has 1 rings (SSSR count). The third-order valence-corrected chi connectivity index (χ3v) is 4.27. The van der Waals surface area contributed by atoms with E-state index in [2.05, 4.69) is 34.4 Å². The molecular formula is C18H40IN5O. The smallest absolute Gasteiger partial charge is 0.191 e. The maximum Gasteiger partial charge on any atom is 0.191 e. The Hall–Kier alpha value is -0.120. The van der Waals surface area contributed by atoms with Crippen LogP contribution in [0, 0.1) is 0 Å². The van der Waals surface area contributed by atoms with E-state index in [1.165, 1.54) is 32.6 Å². The minimum Gasteiger partial charge on any atom is -0.382 e. The van der Waals surface area contributed by atoms with Crippen molar-refractivity contribution in [1.29, 1.82) is 0 Å². The molecule has 0 radical (unpaired) electrons. The lowest BCUT2D eigenvalue weighted by molar-refractivity contribution is 0.143. The molecule has 0 spiro atoms. The van der Waals surface area contributed by atoms with Gasteiger partial charge in [-0.25, -0.2) is 0 Å². The molecule has 0 atom stereocenters. The predicted octanol–water partition coefficient (Wildman–Crippen LogP) is 2.00. The van der Waals surface area contributed by atoms with Crippen LogP contribution in [0.3, 0.4) is 0 Å². The number of hydrogen-bond acceptors (Lipinski definition) is 4. The lowest BCUT2D eigenvalue weighted by Crippen LogP contribution is -2.38. The molecule has 1 aliphatic rings. The third-order valence-electron chi connectivity index (χ3n) is 4.27. The highest BCUT2D eigenvalue weighted by Crippen LogP contribution is 2.01. The van der Waals surface area contributed by atoms with Crippen LogP contribution >= 0.6 is 24.0 Å². The van der Waals surface area contributed by atoms with E-state index in [9.17, 15) is 0 Å². The number of halogens is 1. The number of ether oxygens (including phenoxy) is 1. The van der Waals surface area contributed by atoms with Gasteiger partial charge in [0, 0.05) is 45.9 Å². The molecule has 0 amide bonds. The molecule has 0 aromatic carbocycles. The Balaban J connectivity index is 0.00000576. The Bertz CT molecular complexity index is 331. The quantitative estimate of drug-likeness (QED) is 0.210.